The molecule has 1 rings (SSSR count). The lowest BCUT2D eigenvalue weighted by Crippen LogP contribution is -2.39. The highest BCUT2D eigenvalue weighted by molar-refractivity contribution is 5.66. The van der Waals surface area contributed by atoms with Crippen LogP contribution >= 0.6 is 0 Å². The molecule has 0 bridgehead atoms. The first-order valence-electron chi connectivity index (χ1n) is 3.78. The van der Waals surface area contributed by atoms with Gasteiger partial charge in [0.1, 0.15) is 0 Å². The Bertz CT molecular complexity index is 251. The zero-order valence-corrected chi connectivity index (χ0v) is 8.03. The van der Waals surface area contributed by atoms with Crippen LogP contribution in [0.5, 0.6) is 0 Å². The molecule has 0 fully saturated rings. The predicted molar refractivity (Wildman–Crippen MR) is 41.5 cm³/mol. The molecular formula is C7H12N2O4. The van der Waals surface area contributed by atoms with Gasteiger partial charge in [-0.2, -0.15) is 5.11 Å². The summed E-state index contributed by atoms with van der Waals surface area (Å²) < 4.78 is 14.8. The number of azo groups is 1. The number of ether oxygens (including phenoxy) is 3. The number of carbonyl (C=O) groups is 1. The molecule has 0 aromatic heterocycles. The number of hydrogen-bond donors (Lipinski definition) is 0. The second-order valence-corrected chi connectivity index (χ2v) is 3.07. The number of methoxy groups -OCH3 is 1. The van der Waals surface area contributed by atoms with Crippen molar-refractivity contribution in [3.8, 4) is 0 Å². The van der Waals surface area contributed by atoms with E-state index >= 15 is 0 Å². The predicted octanol–water partition coefficient (Wildman–Crippen LogP) is 1.03. The van der Waals surface area contributed by atoms with E-state index in [4.69, 9.17) is 14.2 Å². The molecule has 13 heavy (non-hydrogen) atoms. The van der Waals surface area contributed by atoms with E-state index in [9.17, 15) is 4.79 Å². The zero-order chi connectivity index (χ0) is 10.1. The Kier molecular flexibility index (Phi) is 2.36. The molecule has 0 radical (unpaired) electrons. The van der Waals surface area contributed by atoms with Gasteiger partial charge in [0.2, 0.25) is 0 Å². The third-order valence-electron chi connectivity index (χ3n) is 1.32. The molecule has 6 nitrogen and oxygen atoms in total. The van der Waals surface area contributed by atoms with Crippen molar-refractivity contribution in [2.24, 2.45) is 10.2 Å². The van der Waals surface area contributed by atoms with Gasteiger partial charge < -0.3 is 4.74 Å². The maximum absolute atomic E-state index is 10.7. The fourth-order valence-electron chi connectivity index (χ4n) is 0.885. The molecule has 0 spiro atoms. The molecule has 0 saturated heterocycles. The number of rotatable bonds is 2. The highest BCUT2D eigenvalue weighted by Crippen LogP contribution is 2.32. The lowest BCUT2D eigenvalue weighted by atomic mass is 10.3. The van der Waals surface area contributed by atoms with Gasteiger partial charge in [0.05, 0.1) is 0 Å². The van der Waals surface area contributed by atoms with Crippen molar-refractivity contribution in [3.63, 3.8) is 0 Å². The first-order chi connectivity index (χ1) is 5.89. The number of nitrogens with zero attached hydrogens (tertiary/aromatic N) is 2. The summed E-state index contributed by atoms with van der Waals surface area (Å²) in [5.41, 5.74) is -0.828. The largest absolute Gasteiger partial charge is 0.464 e. The molecule has 0 aliphatic carbocycles. The Morgan fingerprint density at radius 2 is 2.00 bits per heavy atom. The van der Waals surface area contributed by atoms with Crippen molar-refractivity contribution < 1.29 is 19.0 Å². The van der Waals surface area contributed by atoms with Crippen LogP contribution in [0.3, 0.4) is 0 Å². The van der Waals surface area contributed by atoms with Crippen LogP contribution in [-0.2, 0) is 19.0 Å². The fraction of sp³-hybridized carbons (Fsp3) is 0.857. The van der Waals surface area contributed by atoms with E-state index in [0.717, 1.165) is 0 Å². The van der Waals surface area contributed by atoms with Crippen LogP contribution in [0.15, 0.2) is 10.2 Å². The fourth-order valence-corrected chi connectivity index (χ4v) is 0.885. The van der Waals surface area contributed by atoms with E-state index in [-0.39, 0.29) is 0 Å². The quantitative estimate of drug-likeness (QED) is 0.479. The van der Waals surface area contributed by atoms with Gasteiger partial charge in [-0.15, -0.1) is 0 Å². The van der Waals surface area contributed by atoms with Gasteiger partial charge in [0, 0.05) is 14.0 Å². The summed E-state index contributed by atoms with van der Waals surface area (Å²) in [6.45, 7) is 4.60. The van der Waals surface area contributed by atoms with Gasteiger partial charge in [-0.1, -0.05) is 5.11 Å². The summed E-state index contributed by atoms with van der Waals surface area (Å²) in [6.07, 6.45) is -1.70. The molecule has 0 aromatic rings. The molecule has 1 heterocycles. The van der Waals surface area contributed by atoms with Crippen LogP contribution in [0.25, 0.3) is 0 Å². The summed E-state index contributed by atoms with van der Waals surface area (Å²) >= 11 is 0. The van der Waals surface area contributed by atoms with Crippen molar-refractivity contribution in [1.29, 1.82) is 0 Å². The van der Waals surface area contributed by atoms with Gasteiger partial charge in [-0.05, 0) is 13.8 Å². The minimum Gasteiger partial charge on any atom is -0.387 e. The van der Waals surface area contributed by atoms with Gasteiger partial charge in [-0.3, -0.25) is 14.3 Å². The highest BCUT2D eigenvalue weighted by Gasteiger charge is 2.47. The lowest BCUT2D eigenvalue weighted by molar-refractivity contribution is -0.358. The molecule has 1 aliphatic heterocycles. The molecule has 1 atom stereocenters. The number of esters is 1. The van der Waals surface area contributed by atoms with Crippen molar-refractivity contribution in [2.45, 2.75) is 32.6 Å². The van der Waals surface area contributed by atoms with Gasteiger partial charge in [0.25, 0.3) is 0 Å². The Labute approximate surface area is 75.9 Å². The van der Waals surface area contributed by atoms with Gasteiger partial charge >= 0.3 is 12.1 Å². The Balaban J connectivity index is 2.76. The Morgan fingerprint density at radius 3 is 2.31 bits per heavy atom. The molecule has 0 saturated carbocycles. The van der Waals surface area contributed by atoms with E-state index in [2.05, 4.69) is 10.2 Å². The Hall–Kier alpha value is -1.01. The minimum absolute atomic E-state index is 0.543. The highest BCUT2D eigenvalue weighted by atomic mass is 16.9. The molecule has 1 aliphatic rings. The molecule has 0 amide bonds. The molecular weight excluding hydrogens is 176 g/mol. The molecule has 6 heteroatoms. The van der Waals surface area contributed by atoms with E-state index in [1.165, 1.54) is 14.0 Å². The second-order valence-electron chi connectivity index (χ2n) is 3.07. The van der Waals surface area contributed by atoms with Gasteiger partial charge in [0.15, 0.2) is 5.72 Å². The summed E-state index contributed by atoms with van der Waals surface area (Å²) in [6, 6.07) is 0. The van der Waals surface area contributed by atoms with E-state index in [1.54, 1.807) is 13.8 Å². The number of carbonyl (C=O) groups excluding carboxylic acids is 1. The number of hydrogen-bond acceptors (Lipinski definition) is 6. The van der Waals surface area contributed by atoms with Crippen molar-refractivity contribution in [2.75, 3.05) is 7.11 Å². The van der Waals surface area contributed by atoms with E-state index in [0.29, 0.717) is 0 Å². The summed E-state index contributed by atoms with van der Waals surface area (Å²) in [5, 5.41) is 7.36. The summed E-state index contributed by atoms with van der Waals surface area (Å²) in [5.74, 6) is -0.543. The Morgan fingerprint density at radius 1 is 1.38 bits per heavy atom. The van der Waals surface area contributed by atoms with Crippen molar-refractivity contribution in [1.82, 2.24) is 0 Å². The van der Waals surface area contributed by atoms with Crippen LogP contribution in [0.1, 0.15) is 20.8 Å². The van der Waals surface area contributed by atoms with Crippen LogP contribution in [0, 0.1) is 0 Å². The lowest BCUT2D eigenvalue weighted by Gasteiger charge is -2.23. The van der Waals surface area contributed by atoms with Crippen LogP contribution in [0.4, 0.5) is 0 Å². The van der Waals surface area contributed by atoms with E-state index < -0.39 is 17.8 Å². The van der Waals surface area contributed by atoms with Crippen molar-refractivity contribution in [3.05, 3.63) is 0 Å². The minimum atomic E-state index is -1.70. The topological polar surface area (TPSA) is 69.5 Å². The molecule has 0 N–H and O–H groups in total. The normalized spacial score (nSPS) is 30.5. The average molecular weight is 188 g/mol. The smallest absolute Gasteiger partial charge is 0.387 e. The SMILES string of the molecule is CO[C@@]1(OC(C)=O)N=NC(C)(C)O1. The first kappa shape index (κ1) is 10.1. The summed E-state index contributed by atoms with van der Waals surface area (Å²) in [4.78, 5) is 10.7. The molecule has 0 aromatic carbocycles. The third-order valence-corrected chi connectivity index (χ3v) is 1.32. The second kappa shape index (κ2) is 3.04. The van der Waals surface area contributed by atoms with Gasteiger partial charge in [-0.25, -0.2) is 0 Å². The average Bonchev–Trinajstić information content (AvgIpc) is 2.26. The zero-order valence-electron chi connectivity index (χ0n) is 8.03. The van der Waals surface area contributed by atoms with E-state index in [1.807, 2.05) is 0 Å². The molecule has 74 valence electrons. The van der Waals surface area contributed by atoms with Crippen LogP contribution < -0.4 is 0 Å². The van der Waals surface area contributed by atoms with Crippen molar-refractivity contribution >= 4 is 5.97 Å². The maximum Gasteiger partial charge on any atom is 0.464 e. The monoisotopic (exact) mass is 188 g/mol. The first-order valence-corrected chi connectivity index (χ1v) is 3.78. The standard InChI is InChI=1S/C7H12N2O4/c1-5(10)12-7(11-4)9-8-6(2,3)13-7/h1-4H3/t7-/m1/s1. The maximum atomic E-state index is 10.7. The van der Waals surface area contributed by atoms with Crippen LogP contribution in [-0.4, -0.2) is 24.9 Å². The summed E-state index contributed by atoms with van der Waals surface area (Å²) in [7, 11) is 1.32. The van der Waals surface area contributed by atoms with Crippen LogP contribution in [0.2, 0.25) is 0 Å². The molecule has 0 unspecified atom stereocenters. The third kappa shape index (κ3) is 2.22.